The lowest BCUT2D eigenvalue weighted by Crippen LogP contribution is -2.35. The van der Waals surface area contributed by atoms with Gasteiger partial charge in [-0.25, -0.2) is 0 Å². The van der Waals surface area contributed by atoms with Gasteiger partial charge < -0.3 is 20.5 Å². The van der Waals surface area contributed by atoms with Crippen LogP contribution in [0.3, 0.4) is 0 Å². The first-order valence-corrected chi connectivity index (χ1v) is 9.89. The molecule has 27 heavy (non-hydrogen) atoms. The number of thiophene rings is 1. The quantitative estimate of drug-likeness (QED) is 0.724. The summed E-state index contributed by atoms with van der Waals surface area (Å²) < 4.78 is 6.95. The number of hydrogen-bond acceptors (Lipinski definition) is 5. The Kier molecular flexibility index (Phi) is 4.76. The molecule has 0 fully saturated rings. The third-order valence-electron chi connectivity index (χ3n) is 4.76. The summed E-state index contributed by atoms with van der Waals surface area (Å²) in [6.07, 6.45) is 0.302. The van der Waals surface area contributed by atoms with Crippen molar-refractivity contribution in [3.63, 3.8) is 0 Å². The standard InChI is InChI=1S/C21H22N2O3S/c1-13(22)8-20(25)23-6-7-26-21-15(11-23)9-14(10-18(21)24)17-12-27-19-5-3-2-4-16(17)19/h2-5,9-10,12-13,24H,6-8,11,22H2,1H3/t13-/m1/s1. The Labute approximate surface area is 162 Å². The van der Waals surface area contributed by atoms with Crippen molar-refractivity contribution in [3.8, 4) is 22.6 Å². The van der Waals surface area contributed by atoms with Crippen molar-refractivity contribution in [1.82, 2.24) is 4.90 Å². The van der Waals surface area contributed by atoms with Gasteiger partial charge in [-0.2, -0.15) is 0 Å². The van der Waals surface area contributed by atoms with Crippen LogP contribution in [0.5, 0.6) is 11.5 Å². The predicted molar refractivity (Wildman–Crippen MR) is 108 cm³/mol. The number of nitrogens with zero attached hydrogens (tertiary/aromatic N) is 1. The summed E-state index contributed by atoms with van der Waals surface area (Å²) in [7, 11) is 0. The normalized spacial score (nSPS) is 15.1. The molecular weight excluding hydrogens is 360 g/mol. The number of aromatic hydroxyl groups is 1. The maximum Gasteiger partial charge on any atom is 0.224 e. The Morgan fingerprint density at radius 3 is 3.00 bits per heavy atom. The lowest BCUT2D eigenvalue weighted by Gasteiger charge is -2.21. The molecule has 1 aliphatic rings. The van der Waals surface area contributed by atoms with Crippen molar-refractivity contribution in [2.24, 2.45) is 5.73 Å². The summed E-state index contributed by atoms with van der Waals surface area (Å²) in [6, 6.07) is 11.8. The maximum atomic E-state index is 12.5. The molecule has 1 aliphatic heterocycles. The molecule has 4 rings (SSSR count). The highest BCUT2D eigenvalue weighted by Gasteiger charge is 2.23. The van der Waals surface area contributed by atoms with Crippen molar-refractivity contribution in [3.05, 3.63) is 47.3 Å². The second kappa shape index (κ2) is 7.21. The molecule has 0 saturated heterocycles. The first-order chi connectivity index (χ1) is 13.0. The molecule has 3 N–H and O–H groups in total. The number of carbonyl (C=O) groups is 1. The lowest BCUT2D eigenvalue weighted by molar-refractivity contribution is -0.132. The van der Waals surface area contributed by atoms with Gasteiger partial charge in [0.1, 0.15) is 6.61 Å². The van der Waals surface area contributed by atoms with Crippen LogP contribution in [0.25, 0.3) is 21.2 Å². The number of carbonyl (C=O) groups excluding carboxylic acids is 1. The molecule has 0 spiro atoms. The zero-order valence-corrected chi connectivity index (χ0v) is 16.0. The Balaban J connectivity index is 1.73. The van der Waals surface area contributed by atoms with Crippen LogP contribution in [0.2, 0.25) is 0 Å². The first kappa shape index (κ1) is 17.8. The molecule has 6 heteroatoms. The highest BCUT2D eigenvalue weighted by Crippen LogP contribution is 2.41. The summed E-state index contributed by atoms with van der Waals surface area (Å²) >= 11 is 1.68. The minimum atomic E-state index is -0.182. The van der Waals surface area contributed by atoms with Crippen LogP contribution in [0, 0.1) is 0 Å². The number of hydrogen-bond donors (Lipinski definition) is 2. The SMILES string of the molecule is C[C@@H](N)CC(=O)N1CCOc2c(O)cc(-c3csc4ccccc34)cc2C1. The molecule has 5 nitrogen and oxygen atoms in total. The number of phenolic OH excluding ortho intramolecular Hbond substituents is 1. The summed E-state index contributed by atoms with van der Waals surface area (Å²) in [6.45, 7) is 3.07. The van der Waals surface area contributed by atoms with E-state index in [1.165, 1.54) is 4.70 Å². The van der Waals surface area contributed by atoms with Gasteiger partial charge in [-0.15, -0.1) is 11.3 Å². The Morgan fingerprint density at radius 1 is 1.37 bits per heavy atom. The molecule has 1 aromatic heterocycles. The number of benzene rings is 2. The van der Waals surface area contributed by atoms with E-state index in [9.17, 15) is 9.90 Å². The predicted octanol–water partition coefficient (Wildman–Crippen LogP) is 3.73. The average Bonchev–Trinajstić information content (AvgIpc) is 2.93. The molecule has 0 saturated carbocycles. The largest absolute Gasteiger partial charge is 0.504 e. The Morgan fingerprint density at radius 2 is 2.19 bits per heavy atom. The summed E-state index contributed by atoms with van der Waals surface area (Å²) in [5.41, 5.74) is 8.60. The number of phenols is 1. The number of nitrogens with two attached hydrogens (primary N) is 1. The first-order valence-electron chi connectivity index (χ1n) is 9.01. The average molecular weight is 382 g/mol. The van der Waals surface area contributed by atoms with Crippen LogP contribution in [-0.2, 0) is 11.3 Å². The van der Waals surface area contributed by atoms with Gasteiger partial charge in [0, 0.05) is 40.2 Å². The van der Waals surface area contributed by atoms with E-state index in [1.807, 2.05) is 25.1 Å². The van der Waals surface area contributed by atoms with E-state index in [2.05, 4.69) is 17.5 Å². The van der Waals surface area contributed by atoms with E-state index in [4.69, 9.17) is 10.5 Å². The minimum Gasteiger partial charge on any atom is -0.504 e. The minimum absolute atomic E-state index is 0.00678. The van der Waals surface area contributed by atoms with Crippen LogP contribution in [-0.4, -0.2) is 35.1 Å². The van der Waals surface area contributed by atoms with E-state index in [0.717, 1.165) is 22.1 Å². The topological polar surface area (TPSA) is 75.8 Å². The van der Waals surface area contributed by atoms with Crippen LogP contribution in [0.4, 0.5) is 0 Å². The van der Waals surface area contributed by atoms with E-state index < -0.39 is 0 Å². The number of amides is 1. The van der Waals surface area contributed by atoms with Crippen molar-refractivity contribution >= 4 is 27.3 Å². The fourth-order valence-corrected chi connectivity index (χ4v) is 4.44. The molecular formula is C21H22N2O3S. The van der Waals surface area contributed by atoms with E-state index in [-0.39, 0.29) is 17.7 Å². The third kappa shape index (κ3) is 3.50. The van der Waals surface area contributed by atoms with Gasteiger partial charge in [-0.05, 0) is 36.1 Å². The van der Waals surface area contributed by atoms with Crippen molar-refractivity contribution in [1.29, 1.82) is 0 Å². The van der Waals surface area contributed by atoms with E-state index in [0.29, 0.717) is 31.9 Å². The second-order valence-corrected chi connectivity index (χ2v) is 7.89. The third-order valence-corrected chi connectivity index (χ3v) is 5.72. The monoisotopic (exact) mass is 382 g/mol. The molecule has 140 valence electrons. The molecule has 2 heterocycles. The Bertz CT molecular complexity index is 996. The van der Waals surface area contributed by atoms with Gasteiger partial charge >= 0.3 is 0 Å². The maximum absolute atomic E-state index is 12.5. The van der Waals surface area contributed by atoms with E-state index in [1.54, 1.807) is 22.3 Å². The number of ether oxygens (including phenoxy) is 1. The highest BCUT2D eigenvalue weighted by molar-refractivity contribution is 7.17. The number of fused-ring (bicyclic) bond motifs is 2. The molecule has 1 amide bonds. The van der Waals surface area contributed by atoms with Gasteiger partial charge in [0.05, 0.1) is 6.54 Å². The highest BCUT2D eigenvalue weighted by atomic mass is 32.1. The summed E-state index contributed by atoms with van der Waals surface area (Å²) in [4.78, 5) is 14.2. The summed E-state index contributed by atoms with van der Waals surface area (Å²) in [5, 5.41) is 13.8. The molecule has 1 atom stereocenters. The zero-order valence-electron chi connectivity index (χ0n) is 15.1. The molecule has 3 aromatic rings. The van der Waals surface area contributed by atoms with Crippen LogP contribution >= 0.6 is 11.3 Å². The summed E-state index contributed by atoms with van der Waals surface area (Å²) in [5.74, 6) is 0.584. The van der Waals surface area contributed by atoms with Crippen molar-refractivity contribution < 1.29 is 14.6 Å². The van der Waals surface area contributed by atoms with Gasteiger partial charge in [0.15, 0.2) is 11.5 Å². The van der Waals surface area contributed by atoms with Crippen LogP contribution in [0.1, 0.15) is 18.9 Å². The lowest BCUT2D eigenvalue weighted by atomic mass is 10.0. The smallest absolute Gasteiger partial charge is 0.224 e. The van der Waals surface area contributed by atoms with Crippen LogP contribution < -0.4 is 10.5 Å². The van der Waals surface area contributed by atoms with E-state index >= 15 is 0 Å². The van der Waals surface area contributed by atoms with Gasteiger partial charge in [0.25, 0.3) is 0 Å². The number of rotatable bonds is 3. The van der Waals surface area contributed by atoms with Crippen molar-refractivity contribution in [2.45, 2.75) is 25.9 Å². The van der Waals surface area contributed by atoms with Gasteiger partial charge in [-0.1, -0.05) is 18.2 Å². The fraction of sp³-hybridized carbons (Fsp3) is 0.286. The fourth-order valence-electron chi connectivity index (χ4n) is 3.47. The van der Waals surface area contributed by atoms with Crippen LogP contribution in [0.15, 0.2) is 41.8 Å². The van der Waals surface area contributed by atoms with Gasteiger partial charge in [0.2, 0.25) is 5.91 Å². The van der Waals surface area contributed by atoms with Gasteiger partial charge in [-0.3, -0.25) is 4.79 Å². The van der Waals surface area contributed by atoms with Crippen molar-refractivity contribution in [2.75, 3.05) is 13.2 Å². The molecule has 0 radical (unpaired) electrons. The molecule has 0 aliphatic carbocycles. The second-order valence-electron chi connectivity index (χ2n) is 6.97. The molecule has 0 unspecified atom stereocenters. The zero-order chi connectivity index (χ0) is 19.0. The Hall–Kier alpha value is -2.57. The molecule has 2 aromatic carbocycles. The molecule has 0 bridgehead atoms.